The first-order valence-electron chi connectivity index (χ1n) is 4.96. The summed E-state index contributed by atoms with van der Waals surface area (Å²) in [5, 5.41) is 10.6. The Morgan fingerprint density at radius 2 is 2.06 bits per heavy atom. The molecule has 5 nitrogen and oxygen atoms in total. The molecule has 1 rings (SSSR count). The van der Waals surface area contributed by atoms with Gasteiger partial charge in [-0.1, -0.05) is 19.6 Å². The molecule has 16 heavy (non-hydrogen) atoms. The first-order chi connectivity index (χ1) is 7.29. The normalized spacial score (nSPS) is 11.2. The van der Waals surface area contributed by atoms with E-state index >= 15 is 0 Å². The third-order valence-corrected chi connectivity index (χ3v) is 2.88. The number of nitro benzene ring substituents is 1. The van der Waals surface area contributed by atoms with Crippen molar-refractivity contribution < 1.29 is 9.66 Å². The minimum atomic E-state index is -1.36. The third kappa shape index (κ3) is 3.54. The molecule has 0 fully saturated rings. The summed E-state index contributed by atoms with van der Waals surface area (Å²) in [6, 6.07) is 4.24. The maximum atomic E-state index is 10.6. The molecule has 0 bridgehead atoms. The lowest BCUT2D eigenvalue weighted by atomic mass is 10.2. The van der Waals surface area contributed by atoms with Gasteiger partial charge in [0, 0.05) is 6.07 Å². The van der Waals surface area contributed by atoms with Gasteiger partial charge in [-0.05, 0) is 6.07 Å². The fourth-order valence-corrected chi connectivity index (χ4v) is 1.64. The van der Waals surface area contributed by atoms with Crippen LogP contribution in [0.4, 0.5) is 11.4 Å². The van der Waals surface area contributed by atoms with Crippen LogP contribution in [0.25, 0.3) is 0 Å². The van der Waals surface area contributed by atoms with Crippen molar-refractivity contribution >= 4 is 19.4 Å². The van der Waals surface area contributed by atoms with Crippen LogP contribution >= 0.6 is 0 Å². The summed E-state index contributed by atoms with van der Waals surface area (Å²) in [6.07, 6.45) is 0.596. The standard InChI is InChI=1S/C10H16N2O3Si/c1-16(2,3)7-15-10-6-8(12(13)14)4-5-9(10)11/h4-6H,7,11H2,1-3H3. The van der Waals surface area contributed by atoms with Crippen molar-refractivity contribution in [3.63, 3.8) is 0 Å². The Labute approximate surface area is 95.4 Å². The first-order valence-corrected chi connectivity index (χ1v) is 8.67. The van der Waals surface area contributed by atoms with Gasteiger partial charge in [0.1, 0.15) is 5.75 Å². The molecule has 1 aromatic rings. The van der Waals surface area contributed by atoms with E-state index < -0.39 is 13.0 Å². The highest BCUT2D eigenvalue weighted by Crippen LogP contribution is 2.27. The second kappa shape index (κ2) is 4.52. The molecule has 6 heteroatoms. The summed E-state index contributed by atoms with van der Waals surface area (Å²) in [4.78, 5) is 10.1. The van der Waals surface area contributed by atoms with Crippen LogP contribution in [0.2, 0.25) is 19.6 Å². The van der Waals surface area contributed by atoms with Crippen LogP contribution in [0.15, 0.2) is 18.2 Å². The van der Waals surface area contributed by atoms with E-state index in [2.05, 4.69) is 19.6 Å². The lowest BCUT2D eigenvalue weighted by Crippen LogP contribution is -2.30. The molecule has 0 amide bonds. The third-order valence-electron chi connectivity index (χ3n) is 1.87. The van der Waals surface area contributed by atoms with Gasteiger partial charge >= 0.3 is 0 Å². The zero-order valence-electron chi connectivity index (χ0n) is 9.69. The van der Waals surface area contributed by atoms with Gasteiger partial charge in [-0.15, -0.1) is 0 Å². The maximum Gasteiger partial charge on any atom is 0.273 e. The second-order valence-electron chi connectivity index (χ2n) is 4.83. The van der Waals surface area contributed by atoms with Crippen LogP contribution < -0.4 is 10.5 Å². The number of anilines is 1. The van der Waals surface area contributed by atoms with E-state index in [1.165, 1.54) is 18.2 Å². The Kier molecular flexibility index (Phi) is 3.54. The van der Waals surface area contributed by atoms with E-state index in [1.54, 1.807) is 0 Å². The van der Waals surface area contributed by atoms with E-state index in [0.717, 1.165) is 0 Å². The van der Waals surface area contributed by atoms with Crippen LogP contribution in [0.3, 0.4) is 0 Å². The minimum absolute atomic E-state index is 0.000208. The first kappa shape index (κ1) is 12.5. The highest BCUT2D eigenvalue weighted by atomic mass is 28.3. The van der Waals surface area contributed by atoms with Gasteiger partial charge in [0.2, 0.25) is 0 Å². The molecule has 0 aliphatic heterocycles. The van der Waals surface area contributed by atoms with E-state index in [9.17, 15) is 10.1 Å². The van der Waals surface area contributed by atoms with E-state index in [0.29, 0.717) is 17.7 Å². The lowest BCUT2D eigenvalue weighted by Gasteiger charge is -2.17. The summed E-state index contributed by atoms with van der Waals surface area (Å²) < 4.78 is 5.52. The average Bonchev–Trinajstić information content (AvgIpc) is 2.14. The summed E-state index contributed by atoms with van der Waals surface area (Å²) in [5.41, 5.74) is 6.12. The fourth-order valence-electron chi connectivity index (χ4n) is 1.06. The van der Waals surface area contributed by atoms with Gasteiger partial charge in [0.25, 0.3) is 5.69 Å². The van der Waals surface area contributed by atoms with Gasteiger partial charge in [-0.3, -0.25) is 10.1 Å². The maximum absolute atomic E-state index is 10.6. The Hall–Kier alpha value is -1.56. The SMILES string of the molecule is C[Si](C)(C)COc1cc([N+](=O)[O-])ccc1N. The van der Waals surface area contributed by atoms with Gasteiger partial charge in [0.05, 0.1) is 31.0 Å². The van der Waals surface area contributed by atoms with Crippen molar-refractivity contribution in [1.82, 2.24) is 0 Å². The molecule has 0 aromatic heterocycles. The van der Waals surface area contributed by atoms with Crippen molar-refractivity contribution in [1.29, 1.82) is 0 Å². The van der Waals surface area contributed by atoms with E-state index in [4.69, 9.17) is 10.5 Å². The molecule has 0 aliphatic rings. The highest BCUT2D eigenvalue weighted by molar-refractivity contribution is 6.76. The average molecular weight is 240 g/mol. The highest BCUT2D eigenvalue weighted by Gasteiger charge is 2.16. The number of hydrogen-bond donors (Lipinski definition) is 1. The van der Waals surface area contributed by atoms with Gasteiger partial charge in [-0.25, -0.2) is 0 Å². The number of benzene rings is 1. The molecule has 0 spiro atoms. The molecule has 0 saturated heterocycles. The molecule has 2 N–H and O–H groups in total. The lowest BCUT2D eigenvalue weighted by molar-refractivity contribution is -0.384. The fraction of sp³-hybridized carbons (Fsp3) is 0.400. The van der Waals surface area contributed by atoms with Crippen molar-refractivity contribution in [2.24, 2.45) is 0 Å². The van der Waals surface area contributed by atoms with Gasteiger partial charge < -0.3 is 10.5 Å². The van der Waals surface area contributed by atoms with Crippen LogP contribution in [0.5, 0.6) is 5.75 Å². The Morgan fingerprint density at radius 1 is 1.44 bits per heavy atom. The number of nitrogens with zero attached hydrogens (tertiary/aromatic N) is 1. The van der Waals surface area contributed by atoms with Crippen molar-refractivity contribution in [2.75, 3.05) is 12.0 Å². The monoisotopic (exact) mass is 240 g/mol. The molecule has 0 radical (unpaired) electrons. The van der Waals surface area contributed by atoms with E-state index in [1.807, 2.05) is 0 Å². The Morgan fingerprint density at radius 3 is 2.56 bits per heavy atom. The topological polar surface area (TPSA) is 78.4 Å². The number of non-ortho nitro benzene ring substituents is 1. The number of hydrogen-bond acceptors (Lipinski definition) is 4. The molecule has 0 unspecified atom stereocenters. The number of rotatable bonds is 4. The quantitative estimate of drug-likeness (QED) is 0.379. The largest absolute Gasteiger partial charge is 0.495 e. The number of nitrogen functional groups attached to an aromatic ring is 1. The van der Waals surface area contributed by atoms with Gasteiger partial charge in [-0.2, -0.15) is 0 Å². The zero-order valence-corrected chi connectivity index (χ0v) is 10.7. The zero-order chi connectivity index (χ0) is 12.3. The molecule has 88 valence electrons. The van der Waals surface area contributed by atoms with Crippen LogP contribution in [-0.2, 0) is 0 Å². The Balaban J connectivity index is 2.86. The van der Waals surface area contributed by atoms with Crippen LogP contribution in [-0.4, -0.2) is 19.2 Å². The summed E-state index contributed by atoms with van der Waals surface area (Å²) in [6.45, 7) is 6.46. The van der Waals surface area contributed by atoms with Gasteiger partial charge in [0.15, 0.2) is 0 Å². The predicted octanol–water partition coefficient (Wildman–Crippen LogP) is 2.43. The number of ether oxygens (including phenoxy) is 1. The van der Waals surface area contributed by atoms with E-state index in [-0.39, 0.29) is 5.69 Å². The smallest absolute Gasteiger partial charge is 0.273 e. The number of nitrogens with two attached hydrogens (primary N) is 1. The summed E-state index contributed by atoms with van der Waals surface area (Å²) >= 11 is 0. The van der Waals surface area contributed by atoms with Crippen molar-refractivity contribution in [3.05, 3.63) is 28.3 Å². The molecule has 0 aliphatic carbocycles. The molecule has 0 atom stereocenters. The summed E-state index contributed by atoms with van der Waals surface area (Å²) in [7, 11) is -1.36. The molecular weight excluding hydrogens is 224 g/mol. The molecule has 1 aromatic carbocycles. The second-order valence-corrected chi connectivity index (χ2v) is 10.2. The molecule has 0 heterocycles. The Bertz CT molecular complexity index is 402. The number of nitro groups is 1. The minimum Gasteiger partial charge on any atom is -0.495 e. The molecule has 0 saturated carbocycles. The van der Waals surface area contributed by atoms with Crippen molar-refractivity contribution in [3.8, 4) is 5.75 Å². The van der Waals surface area contributed by atoms with Crippen LogP contribution in [0.1, 0.15) is 0 Å². The summed E-state index contributed by atoms with van der Waals surface area (Å²) in [5.74, 6) is 0.400. The van der Waals surface area contributed by atoms with Crippen LogP contribution in [0, 0.1) is 10.1 Å². The van der Waals surface area contributed by atoms with Crippen molar-refractivity contribution in [2.45, 2.75) is 19.6 Å². The molecular formula is C10H16N2O3Si. The predicted molar refractivity (Wildman–Crippen MR) is 66.3 cm³/mol.